The number of hydrogen-bond acceptors (Lipinski definition) is 2. The Bertz CT molecular complexity index is 403. The van der Waals surface area contributed by atoms with E-state index >= 15 is 0 Å². The summed E-state index contributed by atoms with van der Waals surface area (Å²) >= 11 is 1.65. The molecule has 0 heterocycles. The lowest BCUT2D eigenvalue weighted by Crippen LogP contribution is -2.19. The highest BCUT2D eigenvalue weighted by molar-refractivity contribution is 14.1. The molecule has 0 saturated carbocycles. The molecule has 0 aliphatic carbocycles. The van der Waals surface area contributed by atoms with Gasteiger partial charge in [0.05, 0.1) is 9.99 Å². The van der Waals surface area contributed by atoms with Gasteiger partial charge in [-0.05, 0) is 28.7 Å². The van der Waals surface area contributed by atoms with Crippen LogP contribution in [-0.4, -0.2) is 17.4 Å². The molecule has 0 saturated heterocycles. The highest BCUT2D eigenvalue weighted by Gasteiger charge is 2.33. The van der Waals surface area contributed by atoms with Gasteiger partial charge in [-0.25, -0.2) is 0 Å². The van der Waals surface area contributed by atoms with Crippen molar-refractivity contribution < 1.29 is 27.8 Å². The average molecular weight is 346 g/mol. The molecule has 7 heteroatoms. The molecule has 0 aliphatic rings. The van der Waals surface area contributed by atoms with E-state index in [-0.39, 0.29) is 9.13 Å². The fraction of sp³-hybridized carbons (Fsp3) is 0.222. The Balaban J connectivity index is 3.08. The summed E-state index contributed by atoms with van der Waals surface area (Å²) in [6, 6.07) is 4.17. The molecule has 16 heavy (non-hydrogen) atoms. The number of ether oxygens (including phenoxy) is 1. The summed E-state index contributed by atoms with van der Waals surface area (Å²) in [7, 11) is 0. The van der Waals surface area contributed by atoms with E-state index in [2.05, 4.69) is 4.74 Å². The first-order valence-corrected chi connectivity index (χ1v) is 5.12. The van der Waals surface area contributed by atoms with Crippen molar-refractivity contribution in [2.24, 2.45) is 0 Å². The summed E-state index contributed by atoms with van der Waals surface area (Å²) in [5.41, 5.74) is -0.00303. The summed E-state index contributed by atoms with van der Waals surface area (Å²) in [4.78, 5) is 10.5. The van der Waals surface area contributed by atoms with Gasteiger partial charge in [-0.2, -0.15) is 0 Å². The van der Waals surface area contributed by atoms with E-state index in [9.17, 15) is 18.0 Å². The molecule has 0 aromatic heterocycles. The maximum absolute atomic E-state index is 12.1. The van der Waals surface area contributed by atoms with Crippen LogP contribution >= 0.6 is 22.6 Å². The van der Waals surface area contributed by atoms with Crippen LogP contribution < -0.4 is 4.74 Å². The first-order valence-electron chi connectivity index (χ1n) is 4.04. The van der Waals surface area contributed by atoms with E-state index in [4.69, 9.17) is 5.11 Å². The smallest absolute Gasteiger partial charge is 0.481 e. The molecule has 0 bridgehead atoms. The predicted octanol–water partition coefficient (Wildman–Crippen LogP) is 2.82. The normalized spacial score (nSPS) is 11.2. The first-order chi connectivity index (χ1) is 7.29. The minimum Gasteiger partial charge on any atom is -0.481 e. The van der Waals surface area contributed by atoms with Gasteiger partial charge < -0.3 is 9.84 Å². The van der Waals surface area contributed by atoms with Gasteiger partial charge in [0.25, 0.3) is 0 Å². The Kier molecular flexibility index (Phi) is 4.00. The number of aliphatic carboxylic acids is 1. The van der Waals surface area contributed by atoms with Gasteiger partial charge in [0.1, 0.15) is 5.75 Å². The molecule has 1 rings (SSSR count). The third-order valence-corrected chi connectivity index (χ3v) is 2.46. The van der Waals surface area contributed by atoms with E-state index in [0.29, 0.717) is 0 Å². The number of alkyl halides is 3. The Hall–Kier alpha value is -0.990. The van der Waals surface area contributed by atoms with E-state index in [1.165, 1.54) is 18.2 Å². The third-order valence-electron chi connectivity index (χ3n) is 1.61. The zero-order valence-corrected chi connectivity index (χ0v) is 9.87. The largest absolute Gasteiger partial charge is 0.573 e. The van der Waals surface area contributed by atoms with Crippen molar-refractivity contribution in [2.45, 2.75) is 12.8 Å². The zero-order valence-electron chi connectivity index (χ0n) is 7.71. The molecule has 0 spiro atoms. The molecule has 0 unspecified atom stereocenters. The molecular weight excluding hydrogens is 340 g/mol. The number of halogens is 4. The van der Waals surface area contributed by atoms with Crippen LogP contribution in [0.5, 0.6) is 5.75 Å². The topological polar surface area (TPSA) is 46.5 Å². The van der Waals surface area contributed by atoms with Crippen LogP contribution in [0.4, 0.5) is 13.2 Å². The fourth-order valence-electron chi connectivity index (χ4n) is 1.09. The SMILES string of the molecule is O=C(O)Cc1cccc(I)c1OC(F)(F)F. The third kappa shape index (κ3) is 3.87. The van der Waals surface area contributed by atoms with Gasteiger partial charge in [-0.15, -0.1) is 13.2 Å². The molecule has 1 N–H and O–H groups in total. The second kappa shape index (κ2) is 4.89. The minimum absolute atomic E-state index is 0.00303. The zero-order chi connectivity index (χ0) is 12.3. The average Bonchev–Trinajstić information content (AvgIpc) is 2.08. The van der Waals surface area contributed by atoms with Crippen molar-refractivity contribution >= 4 is 28.6 Å². The number of para-hydroxylation sites is 1. The van der Waals surface area contributed by atoms with Crippen molar-refractivity contribution in [1.82, 2.24) is 0 Å². The number of carboxylic acid groups (broad SMARTS) is 1. The lowest BCUT2D eigenvalue weighted by atomic mass is 10.1. The molecule has 3 nitrogen and oxygen atoms in total. The van der Waals surface area contributed by atoms with Crippen molar-refractivity contribution in [2.75, 3.05) is 0 Å². The van der Waals surface area contributed by atoms with Gasteiger partial charge >= 0.3 is 12.3 Å². The van der Waals surface area contributed by atoms with Crippen molar-refractivity contribution in [3.05, 3.63) is 27.3 Å². The predicted molar refractivity (Wildman–Crippen MR) is 57.2 cm³/mol. The van der Waals surface area contributed by atoms with Crippen LogP contribution in [0.2, 0.25) is 0 Å². The van der Waals surface area contributed by atoms with Crippen molar-refractivity contribution in [3.63, 3.8) is 0 Å². The molecule has 0 aliphatic heterocycles. The van der Waals surface area contributed by atoms with Crippen LogP contribution in [0.15, 0.2) is 18.2 Å². The van der Waals surface area contributed by atoms with Crippen LogP contribution in [-0.2, 0) is 11.2 Å². The Morgan fingerprint density at radius 2 is 2.06 bits per heavy atom. The molecular formula is C9H6F3IO3. The summed E-state index contributed by atoms with van der Waals surface area (Å²) in [6.45, 7) is 0. The summed E-state index contributed by atoms with van der Waals surface area (Å²) in [5.74, 6) is -1.66. The second-order valence-electron chi connectivity index (χ2n) is 2.85. The van der Waals surface area contributed by atoms with Gasteiger partial charge in [-0.3, -0.25) is 4.79 Å². The lowest BCUT2D eigenvalue weighted by molar-refractivity contribution is -0.275. The Morgan fingerprint density at radius 1 is 1.44 bits per heavy atom. The number of hydrogen-bond donors (Lipinski definition) is 1. The number of benzene rings is 1. The monoisotopic (exact) mass is 346 g/mol. The highest BCUT2D eigenvalue weighted by Crippen LogP contribution is 2.31. The van der Waals surface area contributed by atoms with E-state index in [1.807, 2.05) is 0 Å². The van der Waals surface area contributed by atoms with E-state index in [0.717, 1.165) is 0 Å². The van der Waals surface area contributed by atoms with Crippen molar-refractivity contribution in [1.29, 1.82) is 0 Å². The quantitative estimate of drug-likeness (QED) is 0.857. The molecule has 0 atom stereocenters. The van der Waals surface area contributed by atoms with Gasteiger partial charge in [0.2, 0.25) is 0 Å². The van der Waals surface area contributed by atoms with Crippen LogP contribution in [0.1, 0.15) is 5.56 Å². The molecule has 1 aromatic rings. The van der Waals surface area contributed by atoms with Crippen LogP contribution in [0, 0.1) is 3.57 Å². The molecule has 0 amide bonds. The van der Waals surface area contributed by atoms with Gasteiger partial charge in [-0.1, -0.05) is 12.1 Å². The minimum atomic E-state index is -4.82. The maximum Gasteiger partial charge on any atom is 0.573 e. The summed E-state index contributed by atoms with van der Waals surface area (Å²) in [6.07, 6.45) is -5.34. The van der Waals surface area contributed by atoms with Gasteiger partial charge in [0, 0.05) is 5.56 Å². The first kappa shape index (κ1) is 13.1. The maximum atomic E-state index is 12.1. The standard InChI is InChI=1S/C9H6F3IO3/c10-9(11,12)16-8-5(4-7(14)15)2-1-3-6(8)13/h1-3H,4H2,(H,14,15). The molecule has 0 radical (unpaired) electrons. The van der Waals surface area contributed by atoms with E-state index in [1.54, 1.807) is 22.6 Å². The number of rotatable bonds is 3. The summed E-state index contributed by atoms with van der Waals surface area (Å²) in [5, 5.41) is 8.54. The summed E-state index contributed by atoms with van der Waals surface area (Å²) < 4.78 is 40.2. The van der Waals surface area contributed by atoms with Crippen molar-refractivity contribution in [3.8, 4) is 5.75 Å². The number of carboxylic acids is 1. The second-order valence-corrected chi connectivity index (χ2v) is 4.01. The lowest BCUT2D eigenvalue weighted by Gasteiger charge is -2.13. The highest BCUT2D eigenvalue weighted by atomic mass is 127. The number of carbonyl (C=O) groups is 1. The van der Waals surface area contributed by atoms with E-state index < -0.39 is 24.5 Å². The molecule has 0 fully saturated rings. The van der Waals surface area contributed by atoms with Crippen LogP contribution in [0.25, 0.3) is 0 Å². The Labute approximate surface area is 102 Å². The van der Waals surface area contributed by atoms with Crippen LogP contribution in [0.3, 0.4) is 0 Å². The Morgan fingerprint density at radius 3 is 2.56 bits per heavy atom. The van der Waals surface area contributed by atoms with Gasteiger partial charge in [0.15, 0.2) is 0 Å². The molecule has 1 aromatic carbocycles. The fourth-order valence-corrected chi connectivity index (χ4v) is 1.75. The molecule has 88 valence electrons.